The highest BCUT2D eigenvalue weighted by Crippen LogP contribution is 2.45. The second-order valence-corrected chi connectivity index (χ2v) is 7.26. The Balaban J connectivity index is 2.17. The molecular weight excluding hydrogens is 292 g/mol. The van der Waals surface area contributed by atoms with E-state index in [1.807, 2.05) is 30.3 Å². The van der Waals surface area contributed by atoms with Gasteiger partial charge in [0.1, 0.15) is 5.92 Å². The van der Waals surface area contributed by atoms with Crippen LogP contribution < -0.4 is 5.32 Å². The molecule has 1 aliphatic heterocycles. The standard InChI is InChI=1S/C18H18N2OS/c1-18(2)8-13-16(14(21)9-18)15(11-6-4-3-5-7-11)12(10-19)17(22)20-13/h3-7,12,15H,8-9H2,1-2H3,(H,20,22)/t12-,15+/m0/s1. The van der Waals surface area contributed by atoms with Crippen molar-refractivity contribution in [3.05, 3.63) is 47.2 Å². The molecule has 0 amide bonds. The fourth-order valence-corrected chi connectivity index (χ4v) is 3.82. The Morgan fingerprint density at radius 3 is 2.59 bits per heavy atom. The van der Waals surface area contributed by atoms with Crippen LogP contribution in [0.4, 0.5) is 0 Å². The molecule has 112 valence electrons. The van der Waals surface area contributed by atoms with Crippen LogP contribution in [0.5, 0.6) is 0 Å². The van der Waals surface area contributed by atoms with Crippen molar-refractivity contribution in [1.82, 2.24) is 5.32 Å². The molecule has 1 N–H and O–H groups in total. The van der Waals surface area contributed by atoms with E-state index >= 15 is 0 Å². The maximum atomic E-state index is 12.7. The van der Waals surface area contributed by atoms with Crippen LogP contribution in [0.25, 0.3) is 0 Å². The van der Waals surface area contributed by atoms with Crippen molar-refractivity contribution in [2.75, 3.05) is 0 Å². The lowest BCUT2D eigenvalue weighted by molar-refractivity contribution is -0.118. The van der Waals surface area contributed by atoms with E-state index < -0.39 is 5.92 Å². The number of benzene rings is 1. The third kappa shape index (κ3) is 2.46. The zero-order valence-electron chi connectivity index (χ0n) is 12.7. The fraction of sp³-hybridized carbons (Fsp3) is 0.389. The van der Waals surface area contributed by atoms with E-state index in [2.05, 4.69) is 25.2 Å². The van der Waals surface area contributed by atoms with Gasteiger partial charge in [0.05, 0.1) is 11.1 Å². The summed E-state index contributed by atoms with van der Waals surface area (Å²) in [6.07, 6.45) is 1.30. The minimum Gasteiger partial charge on any atom is -0.352 e. The second-order valence-electron chi connectivity index (χ2n) is 6.82. The Morgan fingerprint density at radius 2 is 1.95 bits per heavy atom. The molecule has 1 aromatic rings. The predicted molar refractivity (Wildman–Crippen MR) is 89.1 cm³/mol. The van der Waals surface area contributed by atoms with Crippen LogP contribution in [-0.4, -0.2) is 10.8 Å². The van der Waals surface area contributed by atoms with E-state index in [0.717, 1.165) is 23.3 Å². The van der Waals surface area contributed by atoms with Gasteiger partial charge in [0, 0.05) is 23.6 Å². The van der Waals surface area contributed by atoms with Crippen molar-refractivity contribution in [3.8, 4) is 6.07 Å². The first-order valence-electron chi connectivity index (χ1n) is 7.44. The van der Waals surface area contributed by atoms with E-state index in [9.17, 15) is 10.1 Å². The summed E-state index contributed by atoms with van der Waals surface area (Å²) in [5.41, 5.74) is 2.58. The van der Waals surface area contributed by atoms with Gasteiger partial charge in [-0.2, -0.15) is 5.26 Å². The van der Waals surface area contributed by atoms with Gasteiger partial charge in [-0.15, -0.1) is 0 Å². The summed E-state index contributed by atoms with van der Waals surface area (Å²) in [7, 11) is 0. The Labute approximate surface area is 136 Å². The molecule has 0 radical (unpaired) electrons. The average molecular weight is 310 g/mol. The first kappa shape index (κ1) is 14.9. The summed E-state index contributed by atoms with van der Waals surface area (Å²) in [5, 5.41) is 12.7. The maximum absolute atomic E-state index is 12.7. The monoisotopic (exact) mass is 310 g/mol. The second kappa shape index (κ2) is 5.33. The summed E-state index contributed by atoms with van der Waals surface area (Å²) < 4.78 is 0. The van der Waals surface area contributed by atoms with E-state index in [1.54, 1.807) is 0 Å². The lowest BCUT2D eigenvalue weighted by atomic mass is 9.67. The lowest BCUT2D eigenvalue weighted by Gasteiger charge is -2.40. The van der Waals surface area contributed by atoms with Crippen LogP contribution in [0.3, 0.4) is 0 Å². The summed E-state index contributed by atoms with van der Waals surface area (Å²) in [6.45, 7) is 4.18. The smallest absolute Gasteiger partial charge is 0.161 e. The molecule has 2 atom stereocenters. The number of Topliss-reactive ketones (excluding diaryl/α,β-unsaturated/α-hetero) is 1. The molecule has 0 spiro atoms. The summed E-state index contributed by atoms with van der Waals surface area (Å²) >= 11 is 5.41. The van der Waals surface area contributed by atoms with Gasteiger partial charge >= 0.3 is 0 Å². The molecule has 1 aromatic carbocycles. The molecule has 2 aliphatic rings. The topological polar surface area (TPSA) is 52.9 Å². The van der Waals surface area contributed by atoms with Crippen LogP contribution in [0.15, 0.2) is 41.6 Å². The zero-order chi connectivity index (χ0) is 15.9. The van der Waals surface area contributed by atoms with Crippen LogP contribution in [0, 0.1) is 22.7 Å². The van der Waals surface area contributed by atoms with Gasteiger partial charge in [-0.25, -0.2) is 0 Å². The third-order valence-corrected chi connectivity index (χ3v) is 4.77. The van der Waals surface area contributed by atoms with Crippen molar-refractivity contribution in [1.29, 1.82) is 5.26 Å². The number of hydrogen-bond acceptors (Lipinski definition) is 3. The molecule has 3 rings (SSSR count). The zero-order valence-corrected chi connectivity index (χ0v) is 13.5. The number of carbonyl (C=O) groups excluding carboxylic acids is 1. The predicted octanol–water partition coefficient (Wildman–Crippen LogP) is 3.48. The van der Waals surface area contributed by atoms with Crippen molar-refractivity contribution in [2.45, 2.75) is 32.6 Å². The highest BCUT2D eigenvalue weighted by molar-refractivity contribution is 7.80. The number of nitriles is 1. The Bertz CT molecular complexity index is 712. The van der Waals surface area contributed by atoms with Gasteiger partial charge in [-0.3, -0.25) is 4.79 Å². The minimum atomic E-state index is -0.485. The Hall–Kier alpha value is -1.99. The van der Waals surface area contributed by atoms with E-state index in [1.165, 1.54) is 0 Å². The number of thiocarbonyl (C=S) groups is 1. The number of hydrogen-bond donors (Lipinski definition) is 1. The molecule has 1 heterocycles. The molecule has 0 saturated heterocycles. The number of allylic oxidation sites excluding steroid dienone is 2. The molecule has 4 heteroatoms. The van der Waals surface area contributed by atoms with Crippen LogP contribution in [0.1, 0.15) is 38.2 Å². The number of ketones is 1. The van der Waals surface area contributed by atoms with Gasteiger partial charge in [-0.1, -0.05) is 56.4 Å². The lowest BCUT2D eigenvalue weighted by Crippen LogP contribution is -2.44. The molecule has 3 nitrogen and oxygen atoms in total. The number of carbonyl (C=O) groups is 1. The summed E-state index contributed by atoms with van der Waals surface area (Å²) in [5.74, 6) is -0.602. The molecular formula is C18H18N2OS. The number of nitrogens with zero attached hydrogens (tertiary/aromatic N) is 1. The van der Waals surface area contributed by atoms with E-state index in [0.29, 0.717) is 11.4 Å². The normalized spacial score (nSPS) is 27.0. The van der Waals surface area contributed by atoms with Crippen molar-refractivity contribution in [3.63, 3.8) is 0 Å². The van der Waals surface area contributed by atoms with Gasteiger partial charge in [0.2, 0.25) is 0 Å². The molecule has 0 aromatic heterocycles. The largest absolute Gasteiger partial charge is 0.352 e. The molecule has 0 saturated carbocycles. The van der Waals surface area contributed by atoms with Gasteiger partial charge in [0.25, 0.3) is 0 Å². The minimum absolute atomic E-state index is 0.0702. The molecule has 22 heavy (non-hydrogen) atoms. The molecule has 0 fully saturated rings. The summed E-state index contributed by atoms with van der Waals surface area (Å²) in [4.78, 5) is 13.3. The average Bonchev–Trinajstić information content (AvgIpc) is 2.45. The molecule has 0 bridgehead atoms. The Morgan fingerprint density at radius 1 is 1.27 bits per heavy atom. The van der Waals surface area contributed by atoms with Crippen molar-refractivity contribution in [2.24, 2.45) is 11.3 Å². The van der Waals surface area contributed by atoms with Crippen LogP contribution >= 0.6 is 12.2 Å². The SMILES string of the molecule is CC1(C)CC(=O)C2=C(C1)NC(=S)[C@@H](C#N)[C@H]2c1ccccc1. The van der Waals surface area contributed by atoms with Crippen LogP contribution in [-0.2, 0) is 4.79 Å². The summed E-state index contributed by atoms with van der Waals surface area (Å²) in [6, 6.07) is 12.0. The van der Waals surface area contributed by atoms with E-state index in [4.69, 9.17) is 12.2 Å². The molecule has 0 unspecified atom stereocenters. The molecule has 1 aliphatic carbocycles. The fourth-order valence-electron chi connectivity index (χ4n) is 3.50. The van der Waals surface area contributed by atoms with Gasteiger partial charge in [-0.05, 0) is 17.4 Å². The maximum Gasteiger partial charge on any atom is 0.161 e. The van der Waals surface area contributed by atoms with Gasteiger partial charge in [0.15, 0.2) is 5.78 Å². The number of rotatable bonds is 1. The van der Waals surface area contributed by atoms with Crippen LogP contribution in [0.2, 0.25) is 0 Å². The highest BCUT2D eigenvalue weighted by Gasteiger charge is 2.44. The number of nitrogens with one attached hydrogen (secondary N) is 1. The first-order chi connectivity index (χ1) is 10.4. The van der Waals surface area contributed by atoms with Crippen molar-refractivity contribution < 1.29 is 4.79 Å². The quantitative estimate of drug-likeness (QED) is 0.807. The van der Waals surface area contributed by atoms with E-state index in [-0.39, 0.29) is 17.1 Å². The highest BCUT2D eigenvalue weighted by atomic mass is 32.1. The first-order valence-corrected chi connectivity index (χ1v) is 7.85. The van der Waals surface area contributed by atoms with Crippen molar-refractivity contribution >= 4 is 23.0 Å². The van der Waals surface area contributed by atoms with Gasteiger partial charge < -0.3 is 5.32 Å². The Kier molecular flexibility index (Phi) is 3.62. The third-order valence-electron chi connectivity index (χ3n) is 4.42.